The summed E-state index contributed by atoms with van der Waals surface area (Å²) >= 11 is 6.64. The summed E-state index contributed by atoms with van der Waals surface area (Å²) in [6, 6.07) is 9.41. The van der Waals surface area contributed by atoms with Crippen LogP contribution in [-0.4, -0.2) is 58.9 Å². The first kappa shape index (κ1) is 31.2. The minimum atomic E-state index is -0.435. The molecule has 43 heavy (non-hydrogen) atoms. The zero-order valence-corrected chi connectivity index (χ0v) is 26.4. The second-order valence-electron chi connectivity index (χ2n) is 11.6. The molecule has 1 aromatic heterocycles. The molecule has 5 rings (SSSR count). The number of rotatable bonds is 15. The monoisotopic (exact) mass is 605 g/mol. The second kappa shape index (κ2) is 15.0. The molecule has 1 saturated heterocycles. The predicted molar refractivity (Wildman–Crippen MR) is 174 cm³/mol. The fourth-order valence-electron chi connectivity index (χ4n) is 6.15. The predicted octanol–water partition coefficient (Wildman–Crippen LogP) is 7.64. The number of hydrazone groups is 1. The number of aromatic nitrogens is 2. The molecule has 3 aromatic rings. The van der Waals surface area contributed by atoms with Gasteiger partial charge in [0.05, 0.1) is 30.6 Å². The summed E-state index contributed by atoms with van der Waals surface area (Å²) in [7, 11) is 0. The molecule has 2 amide bonds. The van der Waals surface area contributed by atoms with E-state index in [1.165, 1.54) is 38.5 Å². The van der Waals surface area contributed by atoms with E-state index in [1.54, 1.807) is 12.3 Å². The number of aryl methyl sites for hydroxylation is 1. The molecule has 9 heteroatoms. The van der Waals surface area contributed by atoms with Gasteiger partial charge in [0.15, 0.2) is 5.15 Å². The second-order valence-corrected chi connectivity index (χ2v) is 11.9. The normalized spacial score (nSPS) is 15.4. The van der Waals surface area contributed by atoms with E-state index in [9.17, 15) is 9.59 Å². The lowest BCUT2D eigenvalue weighted by atomic mass is 9.93. The summed E-state index contributed by atoms with van der Waals surface area (Å²) < 4.78 is 7.65. The smallest absolute Gasteiger partial charge is 0.282 e. The number of morpholine rings is 1. The van der Waals surface area contributed by atoms with E-state index >= 15 is 0 Å². The lowest BCUT2D eigenvalue weighted by Gasteiger charge is -2.31. The van der Waals surface area contributed by atoms with E-state index in [1.807, 2.05) is 24.3 Å². The average Bonchev–Trinajstić information content (AvgIpc) is 3.33. The van der Waals surface area contributed by atoms with Gasteiger partial charge in [-0.2, -0.15) is 10.1 Å². The summed E-state index contributed by atoms with van der Waals surface area (Å²) in [6.07, 6.45) is 14.3. The van der Waals surface area contributed by atoms with Crippen molar-refractivity contribution in [2.45, 2.75) is 91.0 Å². The summed E-state index contributed by atoms with van der Waals surface area (Å²) in [5.74, 6) is 0.0585. The molecule has 0 bridgehead atoms. The standard InChI is InChI=1S/C34H44ClN5O3/c1-3-5-7-8-9-10-11-12-19-39-29(32(35)37-30(39)16-6-4-2)24-36-40-33(41)26-15-13-14-25-28(38-20-22-43-23-21-38)18-17-27(31(25)26)34(40)42/h13-15,17-18,24H,3-12,16,19-23H2,1-2H3/b36-24+. The summed E-state index contributed by atoms with van der Waals surface area (Å²) in [4.78, 5) is 34.3. The van der Waals surface area contributed by atoms with Gasteiger partial charge in [-0.25, -0.2) is 4.98 Å². The quantitative estimate of drug-likeness (QED) is 0.101. The largest absolute Gasteiger partial charge is 0.378 e. The van der Waals surface area contributed by atoms with Gasteiger partial charge in [-0.1, -0.05) is 88.9 Å². The zero-order valence-electron chi connectivity index (χ0n) is 25.6. The van der Waals surface area contributed by atoms with Gasteiger partial charge in [0.2, 0.25) is 0 Å². The number of carbonyl (C=O) groups excluding carboxylic acids is 2. The molecular formula is C34H44ClN5O3. The summed E-state index contributed by atoms with van der Waals surface area (Å²) in [5.41, 5.74) is 2.60. The average molecular weight is 606 g/mol. The number of imidazole rings is 1. The lowest BCUT2D eigenvalue weighted by Crippen LogP contribution is -2.38. The molecular weight excluding hydrogens is 562 g/mol. The van der Waals surface area contributed by atoms with Gasteiger partial charge in [-0.05, 0) is 31.0 Å². The highest BCUT2D eigenvalue weighted by Crippen LogP contribution is 2.36. The third-order valence-corrected chi connectivity index (χ3v) is 8.82. The number of nitrogens with zero attached hydrogens (tertiary/aromatic N) is 5. The van der Waals surface area contributed by atoms with Gasteiger partial charge in [-0.3, -0.25) is 9.59 Å². The number of benzene rings is 2. The highest BCUT2D eigenvalue weighted by Gasteiger charge is 2.34. The van der Waals surface area contributed by atoms with Crippen LogP contribution >= 0.6 is 11.6 Å². The molecule has 0 spiro atoms. The van der Waals surface area contributed by atoms with Crippen molar-refractivity contribution in [3.63, 3.8) is 0 Å². The van der Waals surface area contributed by atoms with Crippen molar-refractivity contribution >= 4 is 46.1 Å². The first-order valence-electron chi connectivity index (χ1n) is 16.1. The van der Waals surface area contributed by atoms with Crippen LogP contribution in [0.25, 0.3) is 10.8 Å². The molecule has 230 valence electrons. The van der Waals surface area contributed by atoms with E-state index in [-0.39, 0.29) is 0 Å². The maximum atomic E-state index is 13.7. The van der Waals surface area contributed by atoms with Crippen molar-refractivity contribution in [3.05, 3.63) is 58.1 Å². The number of ether oxygens (including phenoxy) is 1. The molecule has 2 aliphatic heterocycles. The van der Waals surface area contributed by atoms with Gasteiger partial charge in [0.1, 0.15) is 11.5 Å². The Morgan fingerprint density at radius 2 is 1.56 bits per heavy atom. The molecule has 0 N–H and O–H groups in total. The Kier molecular flexibility index (Phi) is 10.9. The van der Waals surface area contributed by atoms with Crippen molar-refractivity contribution in [1.82, 2.24) is 14.6 Å². The van der Waals surface area contributed by atoms with Crippen molar-refractivity contribution < 1.29 is 14.3 Å². The first-order valence-corrected chi connectivity index (χ1v) is 16.5. The van der Waals surface area contributed by atoms with Crippen LogP contribution < -0.4 is 4.90 Å². The van der Waals surface area contributed by atoms with Crippen LogP contribution in [0.1, 0.15) is 110 Å². The number of hydrogen-bond acceptors (Lipinski definition) is 6. The van der Waals surface area contributed by atoms with E-state index in [2.05, 4.69) is 33.4 Å². The van der Waals surface area contributed by atoms with Crippen LogP contribution in [0, 0.1) is 0 Å². The minimum Gasteiger partial charge on any atom is -0.378 e. The summed E-state index contributed by atoms with van der Waals surface area (Å²) in [5, 5.41) is 7.36. The molecule has 0 atom stereocenters. The molecule has 1 fully saturated rings. The van der Waals surface area contributed by atoms with Crippen LogP contribution in [0.5, 0.6) is 0 Å². The fraction of sp³-hybridized carbons (Fsp3) is 0.529. The van der Waals surface area contributed by atoms with Crippen molar-refractivity contribution in [1.29, 1.82) is 0 Å². The van der Waals surface area contributed by atoms with Crippen LogP contribution in [0.3, 0.4) is 0 Å². The molecule has 2 aromatic carbocycles. The topological polar surface area (TPSA) is 80.0 Å². The number of hydrogen-bond donors (Lipinski definition) is 0. The lowest BCUT2D eigenvalue weighted by molar-refractivity contribution is 0.0616. The van der Waals surface area contributed by atoms with Gasteiger partial charge in [0.25, 0.3) is 11.8 Å². The van der Waals surface area contributed by atoms with Gasteiger partial charge < -0.3 is 14.2 Å². The number of imide groups is 1. The number of carbonyl (C=O) groups is 2. The Morgan fingerprint density at radius 1 is 0.884 bits per heavy atom. The van der Waals surface area contributed by atoms with Crippen LogP contribution in [0.2, 0.25) is 5.15 Å². The van der Waals surface area contributed by atoms with E-state index in [0.717, 1.165) is 73.6 Å². The maximum Gasteiger partial charge on any atom is 0.282 e. The van der Waals surface area contributed by atoms with Crippen LogP contribution in [0.4, 0.5) is 5.69 Å². The minimum absolute atomic E-state index is 0.351. The highest BCUT2D eigenvalue weighted by molar-refractivity contribution is 6.32. The number of unbranched alkanes of at least 4 members (excludes halogenated alkanes) is 8. The van der Waals surface area contributed by atoms with Gasteiger partial charge in [0, 0.05) is 42.5 Å². The van der Waals surface area contributed by atoms with Crippen LogP contribution in [-0.2, 0) is 17.7 Å². The van der Waals surface area contributed by atoms with Gasteiger partial charge in [-0.15, -0.1) is 0 Å². The number of halogens is 1. The number of amides is 2. The summed E-state index contributed by atoms with van der Waals surface area (Å²) in [6.45, 7) is 8.03. The molecule has 2 aliphatic rings. The fourth-order valence-corrected chi connectivity index (χ4v) is 6.40. The molecule has 0 unspecified atom stereocenters. The molecule has 8 nitrogen and oxygen atoms in total. The first-order chi connectivity index (χ1) is 21.0. The van der Waals surface area contributed by atoms with Crippen LogP contribution in [0.15, 0.2) is 35.4 Å². The Hall–Kier alpha value is -3.23. The van der Waals surface area contributed by atoms with Crippen molar-refractivity contribution in [3.8, 4) is 0 Å². The number of anilines is 1. The zero-order chi connectivity index (χ0) is 30.2. The van der Waals surface area contributed by atoms with E-state index in [0.29, 0.717) is 40.6 Å². The Morgan fingerprint density at radius 3 is 2.28 bits per heavy atom. The van der Waals surface area contributed by atoms with Gasteiger partial charge >= 0.3 is 0 Å². The Bertz CT molecular complexity index is 1440. The molecule has 0 radical (unpaired) electrons. The maximum absolute atomic E-state index is 13.7. The Labute approximate surface area is 260 Å². The third kappa shape index (κ3) is 6.96. The van der Waals surface area contributed by atoms with Crippen molar-refractivity contribution in [2.75, 3.05) is 31.2 Å². The van der Waals surface area contributed by atoms with E-state index < -0.39 is 11.8 Å². The molecule has 0 aliphatic carbocycles. The van der Waals surface area contributed by atoms with Crippen molar-refractivity contribution in [2.24, 2.45) is 5.10 Å². The Balaban J connectivity index is 1.36. The van der Waals surface area contributed by atoms with E-state index in [4.69, 9.17) is 16.3 Å². The third-order valence-electron chi connectivity index (χ3n) is 8.54. The molecule has 0 saturated carbocycles. The SMILES string of the molecule is CCCCCCCCCCn1c(CCCC)nc(Cl)c1/C=N/N1C(=O)c2cccc3c(N4CCOCC4)ccc(c23)C1=O. The molecule has 3 heterocycles. The highest BCUT2D eigenvalue weighted by atomic mass is 35.5.